The topological polar surface area (TPSA) is 55.6 Å². The zero-order valence-corrected chi connectivity index (χ0v) is 9.46. The summed E-state index contributed by atoms with van der Waals surface area (Å²) in [6.45, 7) is 0. The Morgan fingerprint density at radius 3 is 2.81 bits per heavy atom. The van der Waals surface area contributed by atoms with Crippen LogP contribution in [-0.4, -0.2) is 26.8 Å². The normalized spacial score (nSPS) is 12.6. The van der Waals surface area contributed by atoms with Gasteiger partial charge in [0.25, 0.3) is 0 Å². The lowest BCUT2D eigenvalue weighted by molar-refractivity contribution is 0.541. The Bertz CT molecular complexity index is 437. The monoisotopic (exact) mass is 217 g/mol. The molecular formula is C11H15N5. The third-order valence-electron chi connectivity index (χ3n) is 2.59. The van der Waals surface area contributed by atoms with Crippen molar-refractivity contribution < 1.29 is 0 Å². The van der Waals surface area contributed by atoms with E-state index in [2.05, 4.69) is 20.4 Å². The van der Waals surface area contributed by atoms with Crippen molar-refractivity contribution >= 4 is 0 Å². The largest absolute Gasteiger partial charge is 0.311 e. The molecule has 2 aromatic rings. The van der Waals surface area contributed by atoms with E-state index in [4.69, 9.17) is 0 Å². The predicted octanol–water partition coefficient (Wildman–Crippen LogP) is 0.713. The molecule has 1 unspecified atom stereocenters. The number of hydrogen-bond acceptors (Lipinski definition) is 4. The molecule has 5 heteroatoms. The molecule has 5 nitrogen and oxygen atoms in total. The molecule has 1 atom stereocenters. The molecule has 0 aliphatic heterocycles. The van der Waals surface area contributed by atoms with Crippen LogP contribution in [0, 0.1) is 0 Å². The predicted molar refractivity (Wildman–Crippen MR) is 60.7 cm³/mol. The van der Waals surface area contributed by atoms with Crippen molar-refractivity contribution in [1.29, 1.82) is 0 Å². The summed E-state index contributed by atoms with van der Waals surface area (Å²) in [5.74, 6) is 0.949. The van der Waals surface area contributed by atoms with Gasteiger partial charge in [0.2, 0.25) is 0 Å². The maximum atomic E-state index is 4.34. The number of nitrogens with zero attached hydrogens (tertiary/aromatic N) is 4. The van der Waals surface area contributed by atoms with Crippen molar-refractivity contribution in [3.05, 3.63) is 42.2 Å². The highest BCUT2D eigenvalue weighted by molar-refractivity contribution is 5.10. The second-order valence-electron chi connectivity index (χ2n) is 3.60. The summed E-state index contributed by atoms with van der Waals surface area (Å²) in [5.41, 5.74) is 1.02. The number of hydrogen-bond donors (Lipinski definition) is 1. The second kappa shape index (κ2) is 4.85. The van der Waals surface area contributed by atoms with Crippen molar-refractivity contribution in [1.82, 2.24) is 25.1 Å². The van der Waals surface area contributed by atoms with Crippen LogP contribution in [0.5, 0.6) is 0 Å². The van der Waals surface area contributed by atoms with Crippen LogP contribution in [-0.2, 0) is 13.5 Å². The number of pyridine rings is 1. The van der Waals surface area contributed by atoms with Crippen molar-refractivity contribution in [3.8, 4) is 0 Å². The van der Waals surface area contributed by atoms with Gasteiger partial charge in [-0.05, 0) is 19.2 Å². The van der Waals surface area contributed by atoms with Crippen molar-refractivity contribution in [3.63, 3.8) is 0 Å². The van der Waals surface area contributed by atoms with Gasteiger partial charge in [-0.2, -0.15) is 5.10 Å². The van der Waals surface area contributed by atoms with Gasteiger partial charge in [0, 0.05) is 19.7 Å². The fourth-order valence-corrected chi connectivity index (χ4v) is 1.62. The SMILES string of the molecule is CNC(Cc1ncnn1C)c1ccccn1. The molecule has 0 spiro atoms. The van der Waals surface area contributed by atoms with E-state index < -0.39 is 0 Å². The van der Waals surface area contributed by atoms with E-state index in [1.807, 2.05) is 32.3 Å². The maximum absolute atomic E-state index is 4.34. The summed E-state index contributed by atoms with van der Waals surface area (Å²) in [7, 11) is 3.82. The number of nitrogens with one attached hydrogen (secondary N) is 1. The lowest BCUT2D eigenvalue weighted by Gasteiger charge is -2.14. The summed E-state index contributed by atoms with van der Waals surface area (Å²) in [5, 5.41) is 7.30. The Morgan fingerprint density at radius 2 is 2.25 bits per heavy atom. The first-order valence-corrected chi connectivity index (χ1v) is 5.22. The maximum Gasteiger partial charge on any atom is 0.138 e. The van der Waals surface area contributed by atoms with Crippen LogP contribution >= 0.6 is 0 Å². The summed E-state index contributed by atoms with van der Waals surface area (Å²) in [6.07, 6.45) is 4.15. The van der Waals surface area contributed by atoms with Gasteiger partial charge in [-0.1, -0.05) is 6.07 Å². The molecular weight excluding hydrogens is 202 g/mol. The van der Waals surface area contributed by atoms with Crippen molar-refractivity contribution in [2.45, 2.75) is 12.5 Å². The number of rotatable bonds is 4. The minimum atomic E-state index is 0.170. The average molecular weight is 217 g/mol. The van der Waals surface area contributed by atoms with Crippen LogP contribution < -0.4 is 5.32 Å². The highest BCUT2D eigenvalue weighted by atomic mass is 15.3. The molecule has 0 amide bonds. The van der Waals surface area contributed by atoms with E-state index in [0.717, 1.165) is 17.9 Å². The van der Waals surface area contributed by atoms with E-state index in [0.29, 0.717) is 0 Å². The highest BCUT2D eigenvalue weighted by Crippen LogP contribution is 2.13. The molecule has 2 aromatic heterocycles. The van der Waals surface area contributed by atoms with E-state index in [9.17, 15) is 0 Å². The molecule has 2 heterocycles. The van der Waals surface area contributed by atoms with Gasteiger partial charge in [0.15, 0.2) is 0 Å². The minimum absolute atomic E-state index is 0.170. The molecule has 0 aliphatic carbocycles. The van der Waals surface area contributed by atoms with Gasteiger partial charge in [-0.3, -0.25) is 9.67 Å². The summed E-state index contributed by atoms with van der Waals surface area (Å²) in [4.78, 5) is 8.55. The first kappa shape index (κ1) is 10.8. The summed E-state index contributed by atoms with van der Waals surface area (Å²) < 4.78 is 1.78. The van der Waals surface area contributed by atoms with Crippen molar-refractivity contribution in [2.75, 3.05) is 7.05 Å². The molecule has 0 aromatic carbocycles. The molecule has 0 radical (unpaired) electrons. The fraction of sp³-hybridized carbons (Fsp3) is 0.364. The Morgan fingerprint density at radius 1 is 1.38 bits per heavy atom. The first-order chi connectivity index (χ1) is 7.81. The number of aryl methyl sites for hydroxylation is 1. The number of likely N-dealkylation sites (N-methyl/N-ethyl adjacent to an activating group) is 1. The molecule has 1 N–H and O–H groups in total. The highest BCUT2D eigenvalue weighted by Gasteiger charge is 2.13. The molecule has 0 fully saturated rings. The third kappa shape index (κ3) is 2.25. The van der Waals surface area contributed by atoms with Crippen molar-refractivity contribution in [2.24, 2.45) is 7.05 Å². The van der Waals surface area contributed by atoms with Crippen LogP contribution in [0.25, 0.3) is 0 Å². The molecule has 16 heavy (non-hydrogen) atoms. The number of aromatic nitrogens is 4. The van der Waals surface area contributed by atoms with Crippen LogP contribution in [0.15, 0.2) is 30.7 Å². The molecule has 84 valence electrons. The Balaban J connectivity index is 2.16. The van der Waals surface area contributed by atoms with Crippen LogP contribution in [0.2, 0.25) is 0 Å². The Labute approximate surface area is 94.5 Å². The van der Waals surface area contributed by atoms with Gasteiger partial charge in [0.1, 0.15) is 12.2 Å². The van der Waals surface area contributed by atoms with Gasteiger partial charge < -0.3 is 5.32 Å². The average Bonchev–Trinajstić information content (AvgIpc) is 2.73. The Kier molecular flexibility index (Phi) is 3.26. The van der Waals surface area contributed by atoms with E-state index in [-0.39, 0.29) is 6.04 Å². The standard InChI is InChI=1S/C11H15N5/c1-12-10(9-5-3-4-6-13-9)7-11-14-8-15-16(11)2/h3-6,8,10,12H,7H2,1-2H3. The molecule has 0 saturated heterocycles. The van der Waals surface area contributed by atoms with Crippen LogP contribution in [0.1, 0.15) is 17.6 Å². The summed E-state index contributed by atoms with van der Waals surface area (Å²) in [6, 6.07) is 6.09. The third-order valence-corrected chi connectivity index (χ3v) is 2.59. The quantitative estimate of drug-likeness (QED) is 0.819. The molecule has 0 aliphatic rings. The first-order valence-electron chi connectivity index (χ1n) is 5.22. The van der Waals surface area contributed by atoms with Crippen LogP contribution in [0.3, 0.4) is 0 Å². The van der Waals surface area contributed by atoms with Crippen LogP contribution in [0.4, 0.5) is 0 Å². The van der Waals surface area contributed by atoms with Gasteiger partial charge >= 0.3 is 0 Å². The molecule has 0 saturated carbocycles. The van der Waals surface area contributed by atoms with Gasteiger partial charge in [-0.15, -0.1) is 0 Å². The lowest BCUT2D eigenvalue weighted by Crippen LogP contribution is -2.21. The van der Waals surface area contributed by atoms with E-state index in [1.165, 1.54) is 0 Å². The van der Waals surface area contributed by atoms with Gasteiger partial charge in [-0.25, -0.2) is 4.98 Å². The molecule has 2 rings (SSSR count). The lowest BCUT2D eigenvalue weighted by atomic mass is 10.1. The van der Waals surface area contributed by atoms with Gasteiger partial charge in [0.05, 0.1) is 11.7 Å². The molecule has 0 bridgehead atoms. The van der Waals surface area contributed by atoms with E-state index in [1.54, 1.807) is 17.2 Å². The zero-order valence-electron chi connectivity index (χ0n) is 9.46. The fourth-order valence-electron chi connectivity index (χ4n) is 1.62. The smallest absolute Gasteiger partial charge is 0.138 e. The van der Waals surface area contributed by atoms with E-state index >= 15 is 0 Å². The zero-order chi connectivity index (χ0) is 11.4. The Hall–Kier alpha value is -1.75. The minimum Gasteiger partial charge on any atom is -0.311 e. The second-order valence-corrected chi connectivity index (χ2v) is 3.60. The summed E-state index contributed by atoms with van der Waals surface area (Å²) >= 11 is 0.